The topological polar surface area (TPSA) is 96.5 Å². The van der Waals surface area contributed by atoms with E-state index in [4.69, 9.17) is 4.74 Å². The fraction of sp³-hybridized carbons (Fsp3) is 0.533. The van der Waals surface area contributed by atoms with Gasteiger partial charge < -0.3 is 15.4 Å². The summed E-state index contributed by atoms with van der Waals surface area (Å²) in [7, 11) is -2.00. The van der Waals surface area contributed by atoms with Crippen molar-refractivity contribution in [2.45, 2.75) is 31.2 Å². The van der Waals surface area contributed by atoms with Crippen LogP contribution in [0.25, 0.3) is 0 Å². The molecule has 0 spiro atoms. The summed E-state index contributed by atoms with van der Waals surface area (Å²) >= 11 is 0. The summed E-state index contributed by atoms with van der Waals surface area (Å²) < 4.78 is 31.9. The molecule has 0 radical (unpaired) electrons. The molecule has 3 N–H and O–H groups in total. The van der Waals surface area contributed by atoms with Crippen molar-refractivity contribution in [3.05, 3.63) is 24.3 Å². The van der Waals surface area contributed by atoms with Crippen molar-refractivity contribution in [2.24, 2.45) is 0 Å². The van der Waals surface area contributed by atoms with Gasteiger partial charge in [0.25, 0.3) is 0 Å². The smallest absolute Gasteiger partial charge is 0.240 e. The molecule has 130 valence electrons. The lowest BCUT2D eigenvalue weighted by Crippen LogP contribution is -2.32. The van der Waals surface area contributed by atoms with Gasteiger partial charge >= 0.3 is 0 Å². The van der Waals surface area contributed by atoms with E-state index in [-0.39, 0.29) is 23.4 Å². The SMILES string of the molecule is CCC(C)NS(=O)(=O)c1cccc(NC(=O)CNCCOC)c1. The van der Waals surface area contributed by atoms with Crippen molar-refractivity contribution in [3.63, 3.8) is 0 Å². The zero-order valence-corrected chi connectivity index (χ0v) is 14.6. The van der Waals surface area contributed by atoms with Crippen molar-refractivity contribution in [1.29, 1.82) is 0 Å². The van der Waals surface area contributed by atoms with E-state index in [9.17, 15) is 13.2 Å². The molecule has 7 nitrogen and oxygen atoms in total. The van der Waals surface area contributed by atoms with Gasteiger partial charge in [-0.15, -0.1) is 0 Å². The van der Waals surface area contributed by atoms with E-state index in [1.807, 2.05) is 6.92 Å². The van der Waals surface area contributed by atoms with Gasteiger partial charge in [-0.3, -0.25) is 4.79 Å². The quantitative estimate of drug-likeness (QED) is 0.549. The highest BCUT2D eigenvalue weighted by atomic mass is 32.2. The van der Waals surface area contributed by atoms with Gasteiger partial charge in [-0.25, -0.2) is 13.1 Å². The highest BCUT2D eigenvalue weighted by Gasteiger charge is 2.17. The first-order chi connectivity index (χ1) is 10.9. The third kappa shape index (κ3) is 7.08. The fourth-order valence-electron chi connectivity index (χ4n) is 1.74. The van der Waals surface area contributed by atoms with Gasteiger partial charge in [-0.1, -0.05) is 13.0 Å². The van der Waals surface area contributed by atoms with E-state index in [1.54, 1.807) is 26.2 Å². The Morgan fingerprint density at radius 3 is 2.74 bits per heavy atom. The molecule has 1 aromatic rings. The van der Waals surface area contributed by atoms with E-state index in [0.717, 1.165) is 0 Å². The molecular formula is C15H25N3O4S. The van der Waals surface area contributed by atoms with E-state index in [2.05, 4.69) is 15.4 Å². The first kappa shape index (κ1) is 19.6. The number of benzene rings is 1. The molecule has 0 saturated heterocycles. The van der Waals surface area contributed by atoms with E-state index in [0.29, 0.717) is 25.3 Å². The lowest BCUT2D eigenvalue weighted by molar-refractivity contribution is -0.115. The summed E-state index contributed by atoms with van der Waals surface area (Å²) in [5, 5.41) is 5.58. The van der Waals surface area contributed by atoms with Crippen LogP contribution in [0.5, 0.6) is 0 Å². The van der Waals surface area contributed by atoms with Crippen LogP contribution in [0, 0.1) is 0 Å². The monoisotopic (exact) mass is 343 g/mol. The average molecular weight is 343 g/mol. The van der Waals surface area contributed by atoms with Crippen molar-refractivity contribution >= 4 is 21.6 Å². The number of methoxy groups -OCH3 is 1. The normalized spacial score (nSPS) is 12.8. The second-order valence-corrected chi connectivity index (χ2v) is 6.89. The summed E-state index contributed by atoms with van der Waals surface area (Å²) in [5.41, 5.74) is 0.440. The first-order valence-corrected chi connectivity index (χ1v) is 8.99. The van der Waals surface area contributed by atoms with Crippen LogP contribution in [-0.2, 0) is 19.6 Å². The molecule has 0 bridgehead atoms. The summed E-state index contributed by atoms with van der Waals surface area (Å²) in [6, 6.07) is 6.03. The van der Waals surface area contributed by atoms with Gasteiger partial charge in [0.2, 0.25) is 15.9 Å². The van der Waals surface area contributed by atoms with Crippen LogP contribution < -0.4 is 15.4 Å². The molecule has 0 aromatic heterocycles. The Labute approximate surface area is 137 Å². The molecule has 0 aliphatic heterocycles. The lowest BCUT2D eigenvalue weighted by Gasteiger charge is -2.13. The van der Waals surface area contributed by atoms with Crippen molar-refractivity contribution in [2.75, 3.05) is 32.1 Å². The van der Waals surface area contributed by atoms with Gasteiger partial charge in [-0.05, 0) is 31.5 Å². The van der Waals surface area contributed by atoms with Gasteiger partial charge in [0, 0.05) is 25.4 Å². The number of ether oxygens (including phenoxy) is 1. The zero-order valence-electron chi connectivity index (χ0n) is 13.8. The Kier molecular flexibility index (Phi) is 8.18. The van der Waals surface area contributed by atoms with Crippen LogP contribution in [-0.4, -0.2) is 47.2 Å². The summed E-state index contributed by atoms with van der Waals surface area (Å²) in [5.74, 6) is -0.245. The third-order valence-corrected chi connectivity index (χ3v) is 4.75. The molecule has 1 unspecified atom stereocenters. The van der Waals surface area contributed by atoms with Crippen LogP contribution >= 0.6 is 0 Å². The molecule has 0 saturated carbocycles. The van der Waals surface area contributed by atoms with Gasteiger partial charge in [0.1, 0.15) is 0 Å². The first-order valence-electron chi connectivity index (χ1n) is 7.51. The van der Waals surface area contributed by atoms with E-state index in [1.165, 1.54) is 12.1 Å². The molecule has 0 fully saturated rings. The second kappa shape index (κ2) is 9.61. The standard InChI is InChI=1S/C15H25N3O4S/c1-4-12(2)18-23(20,21)14-7-5-6-13(10-14)17-15(19)11-16-8-9-22-3/h5-7,10,12,16,18H,4,8-9,11H2,1-3H3,(H,17,19). The molecule has 0 aliphatic carbocycles. The molecule has 23 heavy (non-hydrogen) atoms. The number of carbonyl (C=O) groups is 1. The molecule has 0 aliphatic rings. The molecule has 1 rings (SSSR count). The van der Waals surface area contributed by atoms with Crippen molar-refractivity contribution in [3.8, 4) is 0 Å². The highest BCUT2D eigenvalue weighted by Crippen LogP contribution is 2.16. The number of rotatable bonds is 10. The third-order valence-electron chi connectivity index (χ3n) is 3.17. The Morgan fingerprint density at radius 1 is 1.35 bits per heavy atom. The fourth-order valence-corrected chi connectivity index (χ4v) is 3.11. The van der Waals surface area contributed by atoms with Gasteiger partial charge in [-0.2, -0.15) is 0 Å². The minimum atomic E-state index is -3.59. The number of hydrogen-bond acceptors (Lipinski definition) is 5. The summed E-state index contributed by atoms with van der Waals surface area (Å²) in [6.45, 7) is 4.92. The Bertz CT molecular complexity index is 604. The molecule has 1 amide bonds. The summed E-state index contributed by atoms with van der Waals surface area (Å²) in [4.78, 5) is 11.9. The number of amides is 1. The van der Waals surface area contributed by atoms with Crippen molar-refractivity contribution in [1.82, 2.24) is 10.0 Å². The van der Waals surface area contributed by atoms with Crippen LogP contribution in [0.15, 0.2) is 29.2 Å². The molecule has 8 heteroatoms. The minimum Gasteiger partial charge on any atom is -0.383 e. The predicted molar refractivity (Wildman–Crippen MR) is 89.9 cm³/mol. The Balaban J connectivity index is 2.68. The largest absolute Gasteiger partial charge is 0.383 e. The van der Waals surface area contributed by atoms with E-state index < -0.39 is 10.0 Å². The molecular weight excluding hydrogens is 318 g/mol. The number of carbonyl (C=O) groups excluding carboxylic acids is 1. The zero-order chi connectivity index (χ0) is 17.3. The molecule has 1 aromatic carbocycles. The van der Waals surface area contributed by atoms with Gasteiger partial charge in [0.15, 0.2) is 0 Å². The maximum absolute atomic E-state index is 12.2. The maximum Gasteiger partial charge on any atom is 0.240 e. The predicted octanol–water partition coefficient (Wildman–Crippen LogP) is 0.938. The van der Waals surface area contributed by atoms with Crippen LogP contribution in [0.4, 0.5) is 5.69 Å². The Hall–Kier alpha value is -1.48. The van der Waals surface area contributed by atoms with Crippen LogP contribution in [0.1, 0.15) is 20.3 Å². The average Bonchev–Trinajstić information content (AvgIpc) is 2.51. The molecule has 1 atom stereocenters. The highest BCUT2D eigenvalue weighted by molar-refractivity contribution is 7.89. The summed E-state index contributed by atoms with van der Waals surface area (Å²) in [6.07, 6.45) is 0.697. The second-order valence-electron chi connectivity index (χ2n) is 5.18. The van der Waals surface area contributed by atoms with Gasteiger partial charge in [0.05, 0.1) is 18.0 Å². The number of nitrogens with one attached hydrogen (secondary N) is 3. The van der Waals surface area contributed by atoms with Crippen LogP contribution in [0.3, 0.4) is 0 Å². The Morgan fingerprint density at radius 2 is 2.09 bits per heavy atom. The molecule has 0 heterocycles. The lowest BCUT2D eigenvalue weighted by atomic mass is 10.3. The van der Waals surface area contributed by atoms with E-state index >= 15 is 0 Å². The van der Waals surface area contributed by atoms with Crippen LogP contribution in [0.2, 0.25) is 0 Å². The number of sulfonamides is 1. The maximum atomic E-state index is 12.2. The minimum absolute atomic E-state index is 0.128. The number of hydrogen-bond donors (Lipinski definition) is 3. The van der Waals surface area contributed by atoms with Crippen molar-refractivity contribution < 1.29 is 17.9 Å². The number of anilines is 1.